The number of sulfone groups is 1. The maximum Gasteiger partial charge on any atom is 0.282 e. The lowest BCUT2D eigenvalue weighted by molar-refractivity contribution is -0.140. The average molecular weight is 334 g/mol. The summed E-state index contributed by atoms with van der Waals surface area (Å²) in [6, 6.07) is 5.24. The first-order valence-electron chi connectivity index (χ1n) is 6.31. The number of benzene rings is 1. The van der Waals surface area contributed by atoms with E-state index in [4.69, 9.17) is 10.2 Å². The molecule has 0 radical (unpaired) electrons. The summed E-state index contributed by atoms with van der Waals surface area (Å²) in [5.74, 6) is 0. The Morgan fingerprint density at radius 1 is 1.05 bits per heavy atom. The molecule has 8 nitrogen and oxygen atoms in total. The molecule has 124 valence electrons. The molecule has 0 aliphatic heterocycles. The van der Waals surface area contributed by atoms with Gasteiger partial charge in [-0.25, -0.2) is 8.42 Å². The van der Waals surface area contributed by atoms with Crippen LogP contribution < -0.4 is 0 Å². The van der Waals surface area contributed by atoms with Crippen LogP contribution >= 0.6 is 0 Å². The first-order valence-corrected chi connectivity index (χ1v) is 7.80. The van der Waals surface area contributed by atoms with Crippen molar-refractivity contribution in [2.24, 2.45) is 0 Å². The van der Waals surface area contributed by atoms with Crippen molar-refractivity contribution in [1.29, 1.82) is 0 Å². The van der Waals surface area contributed by atoms with Gasteiger partial charge in [-0.3, -0.25) is 4.79 Å². The zero-order valence-corrected chi connectivity index (χ0v) is 12.5. The number of rotatable bonds is 6. The first-order chi connectivity index (χ1) is 10.1. The van der Waals surface area contributed by atoms with Crippen LogP contribution in [0.3, 0.4) is 0 Å². The van der Waals surface area contributed by atoms with Crippen LogP contribution in [0.1, 0.15) is 5.56 Å². The van der Waals surface area contributed by atoms with Crippen LogP contribution in [0, 0.1) is 6.92 Å². The summed E-state index contributed by atoms with van der Waals surface area (Å²) in [7, 11) is -4.57. The lowest BCUT2D eigenvalue weighted by Gasteiger charge is -2.24. The second-order valence-electron chi connectivity index (χ2n) is 4.81. The highest BCUT2D eigenvalue weighted by molar-refractivity contribution is 8.06. The maximum absolute atomic E-state index is 12.0. The molecule has 1 rings (SSSR count). The molecule has 1 aromatic carbocycles. The fraction of sp³-hybridized carbons (Fsp3) is 0.462. The van der Waals surface area contributed by atoms with Crippen molar-refractivity contribution >= 4 is 15.0 Å². The third-order valence-corrected chi connectivity index (χ3v) is 4.76. The minimum atomic E-state index is -4.57. The predicted octanol–water partition coefficient (Wildman–Crippen LogP) is -2.27. The lowest BCUT2D eigenvalue weighted by Crippen LogP contribution is -2.50. The van der Waals surface area contributed by atoms with E-state index in [1.54, 1.807) is 6.92 Å². The Hall–Kier alpha value is -1.36. The molecule has 9 heteroatoms. The first kappa shape index (κ1) is 18.7. The molecule has 0 aliphatic carbocycles. The van der Waals surface area contributed by atoms with Crippen molar-refractivity contribution in [2.75, 3.05) is 6.61 Å². The standard InChI is InChI=1S/C13H18O8S/c1-7-2-4-8(5-3-7)22(20,21)13(19)12(18)11(17)10(16)9(15)6-14/h2-5,9-12,14-18H,6H2,1H3/t9-,10+,11+,12-/m1/s1. The van der Waals surface area contributed by atoms with Gasteiger partial charge in [-0.2, -0.15) is 0 Å². The lowest BCUT2D eigenvalue weighted by atomic mass is 10.0. The molecular weight excluding hydrogens is 316 g/mol. The van der Waals surface area contributed by atoms with Crippen LogP contribution in [-0.2, 0) is 14.6 Å². The molecule has 0 spiro atoms. The van der Waals surface area contributed by atoms with E-state index in [-0.39, 0.29) is 4.90 Å². The second kappa shape index (κ2) is 7.27. The topological polar surface area (TPSA) is 152 Å². The minimum absolute atomic E-state index is 0.369. The summed E-state index contributed by atoms with van der Waals surface area (Å²) in [6.07, 6.45) is -8.66. The molecule has 0 amide bonds. The number of carbonyl (C=O) groups is 1. The van der Waals surface area contributed by atoms with Gasteiger partial charge in [0.25, 0.3) is 5.12 Å². The van der Waals surface area contributed by atoms with Gasteiger partial charge < -0.3 is 25.5 Å². The van der Waals surface area contributed by atoms with Crippen molar-refractivity contribution in [3.05, 3.63) is 29.8 Å². The fourth-order valence-electron chi connectivity index (χ4n) is 1.65. The van der Waals surface area contributed by atoms with Crippen molar-refractivity contribution in [2.45, 2.75) is 36.2 Å². The Labute approximate surface area is 127 Å². The van der Waals surface area contributed by atoms with Crippen LogP contribution in [0.15, 0.2) is 29.2 Å². The quantitative estimate of drug-likeness (QED) is 0.390. The van der Waals surface area contributed by atoms with Gasteiger partial charge in [0.2, 0.25) is 9.84 Å². The maximum atomic E-state index is 12.0. The summed E-state index contributed by atoms with van der Waals surface area (Å²) in [6.45, 7) is 0.771. The van der Waals surface area contributed by atoms with E-state index in [9.17, 15) is 28.5 Å². The highest BCUT2D eigenvalue weighted by atomic mass is 32.2. The number of aliphatic hydroxyl groups excluding tert-OH is 5. The minimum Gasteiger partial charge on any atom is -0.394 e. The van der Waals surface area contributed by atoms with Gasteiger partial charge in [0.05, 0.1) is 11.5 Å². The van der Waals surface area contributed by atoms with Gasteiger partial charge in [0, 0.05) is 0 Å². The normalized spacial score (nSPS) is 17.5. The number of carbonyl (C=O) groups excluding carboxylic acids is 1. The third-order valence-electron chi connectivity index (χ3n) is 3.09. The predicted molar refractivity (Wildman–Crippen MR) is 74.5 cm³/mol. The zero-order chi connectivity index (χ0) is 17.1. The molecule has 22 heavy (non-hydrogen) atoms. The van der Waals surface area contributed by atoms with Gasteiger partial charge in [-0.05, 0) is 19.1 Å². The Bertz CT molecular complexity index is 609. The summed E-state index contributed by atoms with van der Waals surface area (Å²) < 4.78 is 24.1. The number of hydrogen-bond acceptors (Lipinski definition) is 8. The van der Waals surface area contributed by atoms with E-state index < -0.39 is 46.0 Å². The summed E-state index contributed by atoms with van der Waals surface area (Å²) in [4.78, 5) is 11.5. The van der Waals surface area contributed by atoms with Crippen molar-refractivity contribution in [1.82, 2.24) is 0 Å². The molecule has 0 saturated heterocycles. The number of aryl methyl sites for hydroxylation is 1. The zero-order valence-electron chi connectivity index (χ0n) is 11.7. The van der Waals surface area contributed by atoms with E-state index in [0.717, 1.165) is 5.56 Å². The molecular formula is C13H18O8S. The molecule has 0 unspecified atom stereocenters. The molecule has 0 saturated carbocycles. The van der Waals surface area contributed by atoms with Crippen LogP contribution in [0.2, 0.25) is 0 Å². The Kier molecular flexibility index (Phi) is 6.17. The van der Waals surface area contributed by atoms with Crippen LogP contribution in [0.5, 0.6) is 0 Å². The summed E-state index contributed by atoms with van der Waals surface area (Å²) >= 11 is 0. The molecule has 5 N–H and O–H groups in total. The van der Waals surface area contributed by atoms with E-state index in [0.29, 0.717) is 0 Å². The van der Waals surface area contributed by atoms with Gasteiger partial charge in [-0.1, -0.05) is 17.7 Å². The van der Waals surface area contributed by atoms with E-state index in [1.807, 2.05) is 0 Å². The summed E-state index contributed by atoms with van der Waals surface area (Å²) in [5.41, 5.74) is 0.758. The van der Waals surface area contributed by atoms with Crippen molar-refractivity contribution < 1.29 is 38.7 Å². The van der Waals surface area contributed by atoms with Crippen LogP contribution in [0.25, 0.3) is 0 Å². The van der Waals surface area contributed by atoms with Gasteiger partial charge >= 0.3 is 0 Å². The van der Waals surface area contributed by atoms with Crippen molar-refractivity contribution in [3.63, 3.8) is 0 Å². The fourth-order valence-corrected chi connectivity index (χ4v) is 2.84. The number of hydrogen-bond donors (Lipinski definition) is 5. The molecule has 0 aliphatic rings. The highest BCUT2D eigenvalue weighted by Gasteiger charge is 2.40. The highest BCUT2D eigenvalue weighted by Crippen LogP contribution is 2.17. The molecule has 0 bridgehead atoms. The van der Waals surface area contributed by atoms with E-state index >= 15 is 0 Å². The SMILES string of the molecule is Cc1ccc(S(=O)(=O)C(=O)[C@H](O)[C@@H](O)[C@@H](O)[C@H](O)CO)cc1. The van der Waals surface area contributed by atoms with Crippen LogP contribution in [-0.4, -0.2) is 70.1 Å². The van der Waals surface area contributed by atoms with Gasteiger partial charge in [0.15, 0.2) is 6.10 Å². The smallest absolute Gasteiger partial charge is 0.282 e. The van der Waals surface area contributed by atoms with Gasteiger partial charge in [-0.15, -0.1) is 0 Å². The van der Waals surface area contributed by atoms with Crippen molar-refractivity contribution in [3.8, 4) is 0 Å². The molecule has 0 fully saturated rings. The second-order valence-corrected chi connectivity index (χ2v) is 6.69. The molecule has 0 aromatic heterocycles. The van der Waals surface area contributed by atoms with E-state index in [2.05, 4.69) is 0 Å². The largest absolute Gasteiger partial charge is 0.394 e. The monoisotopic (exact) mass is 334 g/mol. The summed E-state index contributed by atoms with van der Waals surface area (Å²) in [5, 5.41) is 44.7. The van der Waals surface area contributed by atoms with Gasteiger partial charge in [0.1, 0.15) is 18.3 Å². The molecule has 0 heterocycles. The van der Waals surface area contributed by atoms with Crippen LogP contribution in [0.4, 0.5) is 0 Å². The Morgan fingerprint density at radius 2 is 1.55 bits per heavy atom. The molecule has 4 atom stereocenters. The Balaban J connectivity index is 3.01. The Morgan fingerprint density at radius 3 is 2.00 bits per heavy atom. The average Bonchev–Trinajstić information content (AvgIpc) is 2.51. The third kappa shape index (κ3) is 3.88. The molecule has 1 aromatic rings. The number of aliphatic hydroxyl groups is 5. The van der Waals surface area contributed by atoms with E-state index in [1.165, 1.54) is 24.3 Å².